The third kappa shape index (κ3) is 5.08. The fourth-order valence-electron chi connectivity index (χ4n) is 3.51. The fourth-order valence-corrected chi connectivity index (χ4v) is 5.19. The number of fused-ring (bicyclic) bond motifs is 1. The first kappa shape index (κ1) is 22.4. The molecule has 0 saturated carbocycles. The number of aromatic nitrogens is 1. The largest absolute Gasteiger partial charge is 0.429 e. The minimum Gasteiger partial charge on any atom is -0.429 e. The average Bonchev–Trinajstić information content (AvgIpc) is 3.02. The molecule has 0 atom stereocenters. The summed E-state index contributed by atoms with van der Waals surface area (Å²) in [7, 11) is -3.57. The third-order valence-electron chi connectivity index (χ3n) is 5.35. The van der Waals surface area contributed by atoms with Gasteiger partial charge in [-0.3, -0.25) is 9.47 Å². The van der Waals surface area contributed by atoms with Crippen molar-refractivity contribution in [2.75, 3.05) is 32.8 Å². The van der Waals surface area contributed by atoms with Crippen LogP contribution >= 0.6 is 12.2 Å². The van der Waals surface area contributed by atoms with E-state index < -0.39 is 10.0 Å². The van der Waals surface area contributed by atoms with Crippen LogP contribution in [0.15, 0.2) is 27.5 Å². The Balaban J connectivity index is 1.93. The van der Waals surface area contributed by atoms with E-state index in [9.17, 15) is 8.42 Å². The van der Waals surface area contributed by atoms with Crippen LogP contribution in [0.1, 0.15) is 40.0 Å². The Morgan fingerprint density at radius 2 is 1.93 bits per heavy atom. The van der Waals surface area contributed by atoms with Gasteiger partial charge < -0.3 is 9.15 Å². The first-order valence-electron chi connectivity index (χ1n) is 10.3. The Hall–Kier alpha value is -1.26. The first-order chi connectivity index (χ1) is 13.8. The highest BCUT2D eigenvalue weighted by atomic mass is 32.2. The SMILES string of the molecule is CCCCCN(Cn1c(=S)oc2ccc(S(=O)(=O)N3CCOCC3)cc21)C(C)C. The molecule has 7 nitrogen and oxygen atoms in total. The predicted octanol–water partition coefficient (Wildman–Crippen LogP) is 3.84. The van der Waals surface area contributed by atoms with E-state index in [1.165, 1.54) is 17.1 Å². The highest BCUT2D eigenvalue weighted by molar-refractivity contribution is 7.89. The maximum absolute atomic E-state index is 13.0. The molecule has 0 spiro atoms. The molecule has 1 saturated heterocycles. The van der Waals surface area contributed by atoms with Crippen LogP contribution < -0.4 is 0 Å². The number of sulfonamides is 1. The van der Waals surface area contributed by atoms with Gasteiger partial charge in [0.2, 0.25) is 10.0 Å². The normalized spacial score (nSPS) is 16.3. The van der Waals surface area contributed by atoms with Crippen molar-refractivity contribution in [3.63, 3.8) is 0 Å². The minimum atomic E-state index is -3.57. The minimum absolute atomic E-state index is 0.263. The molecule has 9 heteroatoms. The molecule has 1 aromatic carbocycles. The van der Waals surface area contributed by atoms with Crippen molar-refractivity contribution in [1.29, 1.82) is 0 Å². The molecule has 2 aromatic rings. The Bertz CT molecular complexity index is 975. The lowest BCUT2D eigenvalue weighted by Crippen LogP contribution is -2.40. The molecule has 0 bridgehead atoms. The van der Waals surface area contributed by atoms with Crippen LogP contribution in [-0.2, 0) is 21.4 Å². The summed E-state index contributed by atoms with van der Waals surface area (Å²) in [5.41, 5.74) is 1.32. The van der Waals surface area contributed by atoms with Crippen LogP contribution in [0.25, 0.3) is 11.1 Å². The van der Waals surface area contributed by atoms with E-state index in [1.54, 1.807) is 18.2 Å². The lowest BCUT2D eigenvalue weighted by molar-refractivity contribution is 0.0730. The Morgan fingerprint density at radius 1 is 1.21 bits per heavy atom. The van der Waals surface area contributed by atoms with Gasteiger partial charge in [0.25, 0.3) is 4.84 Å². The molecule has 29 heavy (non-hydrogen) atoms. The maximum atomic E-state index is 13.0. The van der Waals surface area contributed by atoms with Crippen molar-refractivity contribution in [2.24, 2.45) is 0 Å². The summed E-state index contributed by atoms with van der Waals surface area (Å²) < 4.78 is 40.5. The topological polar surface area (TPSA) is 67.9 Å². The van der Waals surface area contributed by atoms with E-state index in [4.69, 9.17) is 21.4 Å². The summed E-state index contributed by atoms with van der Waals surface area (Å²) in [5, 5.41) is 0. The van der Waals surface area contributed by atoms with Gasteiger partial charge in [0.05, 0.1) is 30.3 Å². The standard InChI is InChI=1S/C20H31N3O4S2/c1-4-5-6-9-21(16(2)3)15-23-18-14-17(7-8-19(18)27-20(23)28)29(24,25)22-10-12-26-13-11-22/h7-8,14,16H,4-6,9-13,15H2,1-3H3. The Morgan fingerprint density at radius 3 is 2.59 bits per heavy atom. The van der Waals surface area contributed by atoms with E-state index >= 15 is 0 Å². The van der Waals surface area contributed by atoms with Gasteiger partial charge in [-0.25, -0.2) is 8.42 Å². The molecular formula is C20H31N3O4S2. The van der Waals surface area contributed by atoms with Crippen molar-refractivity contribution < 1.29 is 17.6 Å². The fraction of sp³-hybridized carbons (Fsp3) is 0.650. The molecule has 1 aromatic heterocycles. The zero-order chi connectivity index (χ0) is 21.0. The van der Waals surface area contributed by atoms with E-state index in [1.807, 2.05) is 4.57 Å². The summed E-state index contributed by atoms with van der Waals surface area (Å²) in [5.74, 6) is 0. The van der Waals surface area contributed by atoms with E-state index in [-0.39, 0.29) is 4.90 Å². The van der Waals surface area contributed by atoms with Crippen LogP contribution in [0.3, 0.4) is 0 Å². The quantitative estimate of drug-likeness (QED) is 0.435. The second-order valence-electron chi connectivity index (χ2n) is 7.70. The number of benzene rings is 1. The molecule has 1 fully saturated rings. The van der Waals surface area contributed by atoms with Crippen molar-refractivity contribution in [3.05, 3.63) is 23.0 Å². The van der Waals surface area contributed by atoms with Gasteiger partial charge in [0.15, 0.2) is 5.58 Å². The monoisotopic (exact) mass is 441 g/mol. The highest BCUT2D eigenvalue weighted by Crippen LogP contribution is 2.25. The number of nitrogens with zero attached hydrogens (tertiary/aromatic N) is 3. The molecule has 2 heterocycles. The van der Waals surface area contributed by atoms with Crippen molar-refractivity contribution in [3.8, 4) is 0 Å². The number of ether oxygens (including phenoxy) is 1. The van der Waals surface area contributed by atoms with Crippen LogP contribution in [0.2, 0.25) is 0 Å². The van der Waals surface area contributed by atoms with E-state index in [0.29, 0.717) is 55.0 Å². The van der Waals surface area contributed by atoms with Crippen molar-refractivity contribution in [2.45, 2.75) is 57.6 Å². The molecule has 0 N–H and O–H groups in total. The van der Waals surface area contributed by atoms with Gasteiger partial charge in [0.1, 0.15) is 0 Å². The molecule has 1 aliphatic rings. The lowest BCUT2D eigenvalue weighted by Gasteiger charge is -2.27. The smallest absolute Gasteiger partial charge is 0.270 e. The summed E-state index contributed by atoms with van der Waals surface area (Å²) in [6.07, 6.45) is 3.47. The summed E-state index contributed by atoms with van der Waals surface area (Å²) in [4.78, 5) is 2.96. The second kappa shape index (κ2) is 9.70. The van der Waals surface area contributed by atoms with Crippen molar-refractivity contribution in [1.82, 2.24) is 13.8 Å². The number of rotatable bonds is 9. The molecule has 0 aliphatic carbocycles. The number of hydrogen-bond donors (Lipinski definition) is 0. The summed E-state index contributed by atoms with van der Waals surface area (Å²) >= 11 is 5.45. The predicted molar refractivity (Wildman–Crippen MR) is 116 cm³/mol. The number of morpholine rings is 1. The van der Waals surface area contributed by atoms with Gasteiger partial charge in [-0.05, 0) is 50.7 Å². The van der Waals surface area contributed by atoms with Gasteiger partial charge in [-0.1, -0.05) is 19.8 Å². The van der Waals surface area contributed by atoms with Crippen LogP contribution in [0.4, 0.5) is 0 Å². The van der Waals surface area contributed by atoms with Gasteiger partial charge in [0, 0.05) is 25.7 Å². The maximum Gasteiger partial charge on any atom is 0.270 e. The number of oxazole rings is 1. The summed E-state index contributed by atoms with van der Waals surface area (Å²) in [6, 6.07) is 5.33. The lowest BCUT2D eigenvalue weighted by atomic mass is 10.2. The molecule has 0 radical (unpaired) electrons. The zero-order valence-corrected chi connectivity index (χ0v) is 19.1. The van der Waals surface area contributed by atoms with Gasteiger partial charge in [-0.2, -0.15) is 4.31 Å². The zero-order valence-electron chi connectivity index (χ0n) is 17.5. The molecule has 1 aliphatic heterocycles. The van der Waals surface area contributed by atoms with Crippen LogP contribution in [0.5, 0.6) is 0 Å². The number of hydrogen-bond acceptors (Lipinski definition) is 6. The second-order valence-corrected chi connectivity index (χ2v) is 9.98. The van der Waals surface area contributed by atoms with Gasteiger partial charge in [-0.15, -0.1) is 0 Å². The van der Waals surface area contributed by atoms with Gasteiger partial charge >= 0.3 is 0 Å². The van der Waals surface area contributed by atoms with E-state index in [0.717, 1.165) is 13.0 Å². The summed E-state index contributed by atoms with van der Waals surface area (Å²) in [6.45, 7) is 9.64. The third-order valence-corrected chi connectivity index (χ3v) is 7.55. The molecule has 0 amide bonds. The first-order valence-corrected chi connectivity index (χ1v) is 12.1. The van der Waals surface area contributed by atoms with Crippen LogP contribution in [0, 0.1) is 4.84 Å². The Kier molecular flexibility index (Phi) is 7.50. The molecule has 3 rings (SSSR count). The highest BCUT2D eigenvalue weighted by Gasteiger charge is 2.27. The van der Waals surface area contributed by atoms with Crippen LogP contribution in [-0.4, -0.2) is 61.1 Å². The molecular weight excluding hydrogens is 410 g/mol. The number of unbranched alkanes of at least 4 members (excludes halogenated alkanes) is 2. The molecule has 162 valence electrons. The van der Waals surface area contributed by atoms with Crippen molar-refractivity contribution >= 4 is 33.3 Å². The van der Waals surface area contributed by atoms with E-state index in [2.05, 4.69) is 25.7 Å². The average molecular weight is 442 g/mol. The Labute approximate surface area is 178 Å². The molecule has 0 unspecified atom stereocenters.